The fourth-order valence-electron chi connectivity index (χ4n) is 5.58. The fraction of sp³-hybridized carbons (Fsp3) is 1.00. The molecule has 0 bridgehead atoms. The van der Waals surface area contributed by atoms with Crippen molar-refractivity contribution in [1.82, 2.24) is 0 Å². The Bertz CT molecular complexity index is 300. The Kier molecular flexibility index (Phi) is 3.79. The molecule has 0 N–H and O–H groups in total. The summed E-state index contributed by atoms with van der Waals surface area (Å²) in [4.78, 5) is 0. The van der Waals surface area contributed by atoms with Gasteiger partial charge in [0.25, 0.3) is 0 Å². The van der Waals surface area contributed by atoms with Gasteiger partial charge in [-0.1, -0.05) is 33.1 Å². The van der Waals surface area contributed by atoms with Crippen LogP contribution in [0.25, 0.3) is 0 Å². The summed E-state index contributed by atoms with van der Waals surface area (Å²) >= 11 is 0. The van der Waals surface area contributed by atoms with E-state index in [1.165, 1.54) is 57.8 Å². The Morgan fingerprint density at radius 1 is 0.889 bits per heavy atom. The SMILES string of the molecule is CC1CCC(C2CCCC2(P)C2CCC(C)C2)C1. The maximum Gasteiger partial charge on any atom is -0.00911 e. The molecule has 7 atom stereocenters. The third-order valence-corrected chi connectivity index (χ3v) is 7.76. The predicted octanol–water partition coefficient (Wildman–Crippen LogP) is 5.27. The van der Waals surface area contributed by atoms with Crippen molar-refractivity contribution in [3.63, 3.8) is 0 Å². The largest absolute Gasteiger partial charge is 0.131 e. The van der Waals surface area contributed by atoms with Gasteiger partial charge in [-0.3, -0.25) is 0 Å². The predicted molar refractivity (Wildman–Crippen MR) is 82.8 cm³/mol. The first kappa shape index (κ1) is 13.4. The zero-order chi connectivity index (χ0) is 12.8. The van der Waals surface area contributed by atoms with Crippen LogP contribution >= 0.6 is 9.24 Å². The smallest absolute Gasteiger partial charge is 0.00911 e. The number of hydrogen-bond donors (Lipinski definition) is 0. The zero-order valence-corrected chi connectivity index (χ0v) is 13.5. The van der Waals surface area contributed by atoms with Crippen LogP contribution in [-0.4, -0.2) is 5.16 Å². The van der Waals surface area contributed by atoms with Crippen LogP contribution in [0.1, 0.15) is 71.6 Å². The highest BCUT2D eigenvalue weighted by Crippen LogP contribution is 2.58. The summed E-state index contributed by atoms with van der Waals surface area (Å²) in [6, 6.07) is 0. The van der Waals surface area contributed by atoms with Crippen molar-refractivity contribution in [1.29, 1.82) is 0 Å². The van der Waals surface area contributed by atoms with Crippen molar-refractivity contribution in [3.05, 3.63) is 0 Å². The van der Waals surface area contributed by atoms with Crippen molar-refractivity contribution in [3.8, 4) is 0 Å². The van der Waals surface area contributed by atoms with Gasteiger partial charge >= 0.3 is 0 Å². The Labute approximate surface area is 116 Å². The molecule has 18 heavy (non-hydrogen) atoms. The lowest BCUT2D eigenvalue weighted by atomic mass is 9.74. The summed E-state index contributed by atoms with van der Waals surface area (Å²) in [6.45, 7) is 4.94. The van der Waals surface area contributed by atoms with Crippen LogP contribution in [-0.2, 0) is 0 Å². The van der Waals surface area contributed by atoms with E-state index in [2.05, 4.69) is 23.1 Å². The quantitative estimate of drug-likeness (QED) is 0.597. The average molecular weight is 266 g/mol. The van der Waals surface area contributed by atoms with Crippen LogP contribution in [0.15, 0.2) is 0 Å². The van der Waals surface area contributed by atoms with Crippen LogP contribution in [0.5, 0.6) is 0 Å². The maximum atomic E-state index is 3.40. The molecule has 3 rings (SSSR count). The topological polar surface area (TPSA) is 0 Å². The molecule has 3 fully saturated rings. The minimum atomic E-state index is 0.638. The van der Waals surface area contributed by atoms with Gasteiger partial charge in [0.05, 0.1) is 0 Å². The molecule has 0 aromatic carbocycles. The van der Waals surface area contributed by atoms with E-state index in [9.17, 15) is 0 Å². The van der Waals surface area contributed by atoms with Gasteiger partial charge in [-0.25, -0.2) is 0 Å². The van der Waals surface area contributed by atoms with E-state index >= 15 is 0 Å². The summed E-state index contributed by atoms with van der Waals surface area (Å²) < 4.78 is 0. The van der Waals surface area contributed by atoms with Crippen molar-refractivity contribution in [2.24, 2.45) is 29.6 Å². The monoisotopic (exact) mass is 266 g/mol. The van der Waals surface area contributed by atoms with Crippen LogP contribution < -0.4 is 0 Å². The van der Waals surface area contributed by atoms with Gasteiger partial charge in [0.15, 0.2) is 0 Å². The Morgan fingerprint density at radius 3 is 2.22 bits per heavy atom. The lowest BCUT2D eigenvalue weighted by molar-refractivity contribution is 0.221. The molecular weight excluding hydrogens is 235 g/mol. The van der Waals surface area contributed by atoms with Crippen LogP contribution in [0.4, 0.5) is 0 Å². The van der Waals surface area contributed by atoms with Crippen molar-refractivity contribution in [2.75, 3.05) is 0 Å². The lowest BCUT2D eigenvalue weighted by Crippen LogP contribution is -2.37. The van der Waals surface area contributed by atoms with Crippen molar-refractivity contribution in [2.45, 2.75) is 76.8 Å². The molecule has 0 aliphatic heterocycles. The van der Waals surface area contributed by atoms with Gasteiger partial charge in [0, 0.05) is 0 Å². The molecular formula is C17H31P. The lowest BCUT2D eigenvalue weighted by Gasteiger charge is -2.41. The second-order valence-electron chi connectivity index (χ2n) is 7.90. The summed E-state index contributed by atoms with van der Waals surface area (Å²) in [5.74, 6) is 5.14. The first-order valence-corrected chi connectivity index (χ1v) is 8.96. The maximum absolute atomic E-state index is 3.40. The molecule has 7 unspecified atom stereocenters. The number of rotatable bonds is 2. The van der Waals surface area contributed by atoms with Crippen LogP contribution in [0.2, 0.25) is 0 Å². The summed E-state index contributed by atoms with van der Waals surface area (Å²) in [6.07, 6.45) is 13.6. The normalized spacial score (nSPS) is 53.2. The van der Waals surface area contributed by atoms with Crippen molar-refractivity contribution >= 4 is 9.24 Å². The van der Waals surface area contributed by atoms with Gasteiger partial charge in [0.1, 0.15) is 0 Å². The van der Waals surface area contributed by atoms with Crippen LogP contribution in [0, 0.1) is 29.6 Å². The van der Waals surface area contributed by atoms with Gasteiger partial charge in [0.2, 0.25) is 0 Å². The Hall–Kier alpha value is 0.430. The highest BCUT2D eigenvalue weighted by molar-refractivity contribution is 7.19. The molecule has 0 radical (unpaired) electrons. The van der Waals surface area contributed by atoms with Crippen LogP contribution in [0.3, 0.4) is 0 Å². The number of hydrogen-bond acceptors (Lipinski definition) is 0. The van der Waals surface area contributed by atoms with Gasteiger partial charge < -0.3 is 0 Å². The van der Waals surface area contributed by atoms with Gasteiger partial charge in [-0.15, -0.1) is 9.24 Å². The molecule has 1 heteroatoms. The molecule has 104 valence electrons. The molecule has 0 saturated heterocycles. The van der Waals surface area contributed by atoms with E-state index in [0.29, 0.717) is 5.16 Å². The molecule has 0 amide bonds. The second kappa shape index (κ2) is 5.08. The second-order valence-corrected chi connectivity index (χ2v) is 8.98. The molecule has 0 nitrogen and oxygen atoms in total. The third kappa shape index (κ3) is 2.28. The molecule has 3 aliphatic carbocycles. The molecule has 3 aliphatic rings. The summed E-state index contributed by atoms with van der Waals surface area (Å²) in [5.41, 5.74) is 0. The summed E-state index contributed by atoms with van der Waals surface area (Å²) in [7, 11) is 3.40. The minimum Gasteiger partial charge on any atom is -0.131 e. The van der Waals surface area contributed by atoms with E-state index in [1.807, 2.05) is 0 Å². The standard InChI is InChI=1S/C17H31P/c1-12-5-7-14(10-12)16-4-3-9-17(16,18)15-8-6-13(2)11-15/h12-16H,3-11,18H2,1-2H3. The minimum absolute atomic E-state index is 0.638. The first-order valence-electron chi connectivity index (χ1n) is 8.38. The zero-order valence-electron chi connectivity index (χ0n) is 12.3. The Balaban J connectivity index is 1.73. The van der Waals surface area contributed by atoms with E-state index in [1.54, 1.807) is 0 Å². The Morgan fingerprint density at radius 2 is 1.61 bits per heavy atom. The van der Waals surface area contributed by atoms with Gasteiger partial charge in [-0.2, -0.15) is 0 Å². The summed E-state index contributed by atoms with van der Waals surface area (Å²) in [5, 5.41) is 0.638. The van der Waals surface area contributed by atoms with E-state index in [4.69, 9.17) is 0 Å². The van der Waals surface area contributed by atoms with E-state index in [-0.39, 0.29) is 0 Å². The average Bonchev–Trinajstić information content (AvgIpc) is 3.00. The highest BCUT2D eigenvalue weighted by Gasteiger charge is 2.49. The first-order chi connectivity index (χ1) is 8.59. The molecule has 0 aromatic heterocycles. The van der Waals surface area contributed by atoms with Crippen molar-refractivity contribution < 1.29 is 0 Å². The molecule has 0 heterocycles. The fourth-order valence-corrected chi connectivity index (χ4v) is 6.52. The molecule has 3 saturated carbocycles. The van der Waals surface area contributed by atoms with E-state index in [0.717, 1.165) is 29.6 Å². The van der Waals surface area contributed by atoms with E-state index < -0.39 is 0 Å². The third-order valence-electron chi connectivity index (χ3n) is 6.57. The molecule has 0 aromatic rings. The molecule has 0 spiro atoms. The highest BCUT2D eigenvalue weighted by atomic mass is 31.0. The van der Waals surface area contributed by atoms with Gasteiger partial charge in [-0.05, 0) is 73.3 Å².